The van der Waals surface area contributed by atoms with Gasteiger partial charge in [-0.2, -0.15) is 0 Å². The van der Waals surface area contributed by atoms with Gasteiger partial charge in [0, 0.05) is 33.2 Å². The number of nitrogens with one attached hydrogen (secondary N) is 1. The lowest BCUT2D eigenvalue weighted by atomic mass is 9.97. The molecule has 0 aliphatic carbocycles. The van der Waals surface area contributed by atoms with Crippen LogP contribution in [0.5, 0.6) is 5.75 Å². The number of quaternary nitrogens is 1. The molecular formula is C25H20Cl2NO3+. The predicted molar refractivity (Wildman–Crippen MR) is 123 cm³/mol. The topological polar surface area (TPSA) is 43.9 Å². The highest BCUT2D eigenvalue weighted by atomic mass is 35.5. The lowest BCUT2D eigenvalue weighted by molar-refractivity contribution is -0.945. The van der Waals surface area contributed by atoms with Crippen LogP contribution >= 0.6 is 23.2 Å². The summed E-state index contributed by atoms with van der Waals surface area (Å²) in [4.78, 5) is 13.5. The highest BCUT2D eigenvalue weighted by molar-refractivity contribution is 6.35. The van der Waals surface area contributed by atoms with Crippen LogP contribution < -0.4 is 15.3 Å². The van der Waals surface area contributed by atoms with Gasteiger partial charge in [0.05, 0.1) is 5.02 Å². The van der Waals surface area contributed by atoms with E-state index in [4.69, 9.17) is 32.4 Å². The van der Waals surface area contributed by atoms with E-state index in [2.05, 4.69) is 6.07 Å². The molecule has 1 N–H and O–H groups in total. The Morgan fingerprint density at radius 1 is 1.03 bits per heavy atom. The first-order valence-electron chi connectivity index (χ1n) is 10.1. The molecule has 4 nitrogen and oxygen atoms in total. The van der Waals surface area contributed by atoms with Crippen LogP contribution in [0.1, 0.15) is 16.7 Å². The monoisotopic (exact) mass is 452 g/mol. The average Bonchev–Trinajstić information content (AvgIpc) is 2.76. The minimum atomic E-state index is -0.366. The zero-order valence-electron chi connectivity index (χ0n) is 16.9. The molecule has 3 aromatic carbocycles. The third kappa shape index (κ3) is 3.83. The molecule has 156 valence electrons. The zero-order chi connectivity index (χ0) is 21.5. The molecule has 5 rings (SSSR count). The van der Waals surface area contributed by atoms with Gasteiger partial charge in [-0.3, -0.25) is 4.90 Å². The predicted octanol–water partition coefficient (Wildman–Crippen LogP) is 5.01. The van der Waals surface area contributed by atoms with Crippen molar-refractivity contribution in [1.82, 2.24) is 0 Å². The molecule has 1 aliphatic heterocycles. The first-order valence-corrected chi connectivity index (χ1v) is 10.8. The maximum Gasteiger partial charge on any atom is 0.336 e. The molecule has 0 fully saturated rings. The van der Waals surface area contributed by atoms with Crippen molar-refractivity contribution in [3.63, 3.8) is 0 Å². The van der Waals surface area contributed by atoms with Gasteiger partial charge in [-0.25, -0.2) is 4.79 Å². The van der Waals surface area contributed by atoms with E-state index in [0.29, 0.717) is 22.4 Å². The SMILES string of the molecule is Cc1c2c(cc3c(-c4ccccc4)cc(=O)oc13)C[NH+](Cc1ccc(Cl)cc1Cl)CO2. The van der Waals surface area contributed by atoms with Crippen LogP contribution in [0.3, 0.4) is 0 Å². The molecule has 4 aromatic rings. The Kier molecular flexibility index (Phi) is 5.22. The van der Waals surface area contributed by atoms with Crippen molar-refractivity contribution in [2.75, 3.05) is 6.73 Å². The van der Waals surface area contributed by atoms with Crippen molar-refractivity contribution in [2.24, 2.45) is 0 Å². The van der Waals surface area contributed by atoms with E-state index < -0.39 is 0 Å². The van der Waals surface area contributed by atoms with E-state index in [0.717, 1.165) is 52.0 Å². The van der Waals surface area contributed by atoms with Gasteiger partial charge in [-0.05, 0) is 36.2 Å². The Bertz CT molecular complexity index is 1350. The van der Waals surface area contributed by atoms with Crippen LogP contribution in [0.2, 0.25) is 10.0 Å². The van der Waals surface area contributed by atoms with Gasteiger partial charge < -0.3 is 9.15 Å². The molecule has 0 saturated carbocycles. The molecular weight excluding hydrogens is 433 g/mol. The van der Waals surface area contributed by atoms with Crippen LogP contribution in [-0.2, 0) is 13.1 Å². The minimum Gasteiger partial charge on any atom is -0.444 e. The molecule has 1 atom stereocenters. The number of hydrogen-bond acceptors (Lipinski definition) is 3. The minimum absolute atomic E-state index is 0.366. The van der Waals surface area contributed by atoms with Crippen LogP contribution in [-0.4, -0.2) is 6.73 Å². The molecule has 1 unspecified atom stereocenters. The third-order valence-corrected chi connectivity index (χ3v) is 6.28. The Morgan fingerprint density at radius 3 is 2.61 bits per heavy atom. The van der Waals surface area contributed by atoms with Gasteiger partial charge in [-0.1, -0.05) is 59.6 Å². The van der Waals surface area contributed by atoms with E-state index in [1.165, 1.54) is 4.90 Å². The van der Waals surface area contributed by atoms with E-state index in [1.807, 2.05) is 49.4 Å². The quantitative estimate of drug-likeness (QED) is 0.444. The van der Waals surface area contributed by atoms with Gasteiger partial charge in [-0.15, -0.1) is 0 Å². The number of rotatable bonds is 3. The molecule has 1 aromatic heterocycles. The first-order chi connectivity index (χ1) is 15.0. The Balaban J connectivity index is 1.57. The summed E-state index contributed by atoms with van der Waals surface area (Å²) in [6, 6.07) is 19.1. The molecule has 0 radical (unpaired) electrons. The van der Waals surface area contributed by atoms with Gasteiger partial charge in [0.2, 0.25) is 6.73 Å². The number of fused-ring (bicyclic) bond motifs is 2. The van der Waals surface area contributed by atoms with Gasteiger partial charge >= 0.3 is 5.63 Å². The molecule has 0 spiro atoms. The Labute approximate surface area is 189 Å². The molecule has 0 amide bonds. The first kappa shape index (κ1) is 20.1. The van der Waals surface area contributed by atoms with Crippen LogP contribution in [0.25, 0.3) is 22.1 Å². The van der Waals surface area contributed by atoms with Gasteiger partial charge in [0.25, 0.3) is 0 Å². The number of halogens is 2. The fraction of sp³-hybridized carbons (Fsp3) is 0.160. The van der Waals surface area contributed by atoms with Crippen molar-refractivity contribution in [3.05, 3.63) is 97.8 Å². The largest absolute Gasteiger partial charge is 0.444 e. The summed E-state index contributed by atoms with van der Waals surface area (Å²) in [6.07, 6.45) is 0. The number of benzene rings is 3. The summed E-state index contributed by atoms with van der Waals surface area (Å²) < 4.78 is 11.7. The van der Waals surface area contributed by atoms with E-state index >= 15 is 0 Å². The van der Waals surface area contributed by atoms with E-state index in [1.54, 1.807) is 12.1 Å². The van der Waals surface area contributed by atoms with Gasteiger partial charge in [0.1, 0.15) is 24.4 Å². The molecule has 0 saturated heterocycles. The van der Waals surface area contributed by atoms with Crippen molar-refractivity contribution < 1.29 is 14.1 Å². The average molecular weight is 453 g/mol. The smallest absolute Gasteiger partial charge is 0.336 e. The fourth-order valence-electron chi connectivity index (χ4n) is 4.24. The number of hydrogen-bond donors (Lipinski definition) is 1. The lowest BCUT2D eigenvalue weighted by Gasteiger charge is -2.28. The normalized spacial score (nSPS) is 15.5. The molecule has 6 heteroatoms. The van der Waals surface area contributed by atoms with Crippen LogP contribution in [0.4, 0.5) is 0 Å². The number of ether oxygens (including phenoxy) is 1. The standard InChI is InChI=1S/C25H19Cl2NO3/c1-15-24-18(13-28(14-30-24)12-17-7-8-19(26)10-22(17)27)9-21-20(11-23(29)31-25(15)21)16-5-3-2-4-6-16/h2-11H,12-14H2,1H3/p+1. The zero-order valence-corrected chi connectivity index (χ0v) is 18.4. The lowest BCUT2D eigenvalue weighted by Crippen LogP contribution is -3.10. The van der Waals surface area contributed by atoms with Crippen molar-refractivity contribution in [2.45, 2.75) is 20.0 Å². The third-order valence-electron chi connectivity index (χ3n) is 5.69. The maximum atomic E-state index is 12.3. The second-order valence-corrected chi connectivity index (χ2v) is 8.68. The highest BCUT2D eigenvalue weighted by Gasteiger charge is 2.26. The van der Waals surface area contributed by atoms with Crippen LogP contribution in [0.15, 0.2) is 69.9 Å². The number of aryl methyl sites for hydroxylation is 1. The summed E-state index contributed by atoms with van der Waals surface area (Å²) in [7, 11) is 0. The van der Waals surface area contributed by atoms with Crippen molar-refractivity contribution in [3.8, 4) is 16.9 Å². The summed E-state index contributed by atoms with van der Waals surface area (Å²) in [5.74, 6) is 0.798. The van der Waals surface area contributed by atoms with Crippen molar-refractivity contribution >= 4 is 34.2 Å². The van der Waals surface area contributed by atoms with Crippen LogP contribution in [0, 0.1) is 6.92 Å². The maximum absolute atomic E-state index is 12.3. The van der Waals surface area contributed by atoms with E-state index in [9.17, 15) is 4.79 Å². The molecule has 1 aliphatic rings. The summed E-state index contributed by atoms with van der Waals surface area (Å²) in [5, 5.41) is 2.20. The Morgan fingerprint density at radius 2 is 1.84 bits per heavy atom. The van der Waals surface area contributed by atoms with Gasteiger partial charge in [0.15, 0.2) is 0 Å². The van der Waals surface area contributed by atoms with Crippen molar-refractivity contribution in [1.29, 1.82) is 0 Å². The second kappa shape index (κ2) is 8.04. The van der Waals surface area contributed by atoms with E-state index in [-0.39, 0.29) is 5.63 Å². The summed E-state index contributed by atoms with van der Waals surface area (Å²) >= 11 is 12.4. The second-order valence-electron chi connectivity index (χ2n) is 7.84. The molecule has 0 bridgehead atoms. The summed E-state index contributed by atoms with van der Waals surface area (Å²) in [6.45, 7) is 3.95. The Hall–Kier alpha value is -2.79. The fourth-order valence-corrected chi connectivity index (χ4v) is 4.72. The summed E-state index contributed by atoms with van der Waals surface area (Å²) in [5.41, 5.74) is 5.03. The highest BCUT2D eigenvalue weighted by Crippen LogP contribution is 2.36. The molecule has 2 heterocycles. The molecule has 31 heavy (non-hydrogen) atoms.